The number of rotatable bonds is 4. The summed E-state index contributed by atoms with van der Waals surface area (Å²) >= 11 is 0. The van der Waals surface area contributed by atoms with Crippen LogP contribution in [0.15, 0.2) is 24.3 Å². The Bertz CT molecular complexity index is 831. The first-order chi connectivity index (χ1) is 15.7. The Morgan fingerprint density at radius 1 is 0.970 bits per heavy atom. The molecule has 1 aromatic carbocycles. The predicted molar refractivity (Wildman–Crippen MR) is 127 cm³/mol. The minimum atomic E-state index is -0.619. The third-order valence-electron chi connectivity index (χ3n) is 6.93. The Balaban J connectivity index is 1.45. The number of carbonyl (C=O) groups is 2. The summed E-state index contributed by atoms with van der Waals surface area (Å²) in [5.41, 5.74) is 0.543. The maximum atomic E-state index is 13.6. The van der Waals surface area contributed by atoms with Crippen LogP contribution in [0.5, 0.6) is 5.75 Å². The van der Waals surface area contributed by atoms with Gasteiger partial charge in [-0.1, -0.05) is 24.1 Å². The van der Waals surface area contributed by atoms with E-state index in [2.05, 4.69) is 4.90 Å². The second-order valence-electron chi connectivity index (χ2n) is 10.7. The van der Waals surface area contributed by atoms with E-state index >= 15 is 0 Å². The topological polar surface area (TPSA) is 62.3 Å². The molecule has 2 amide bonds. The van der Waals surface area contributed by atoms with E-state index in [1.165, 1.54) is 19.3 Å². The quantitative estimate of drug-likeness (QED) is 0.688. The number of hydrogen-bond acceptors (Lipinski definition) is 5. The summed E-state index contributed by atoms with van der Waals surface area (Å²) in [7, 11) is 0. The average molecular weight is 458 g/mol. The van der Waals surface area contributed by atoms with Gasteiger partial charge in [-0.05, 0) is 59.1 Å². The number of benzene rings is 1. The molecule has 0 aromatic heterocycles. The van der Waals surface area contributed by atoms with Crippen molar-refractivity contribution in [2.24, 2.45) is 0 Å². The number of hydrogen-bond donors (Lipinski definition) is 0. The lowest BCUT2D eigenvalue weighted by atomic mass is 9.91. The van der Waals surface area contributed by atoms with E-state index in [1.807, 2.05) is 56.9 Å². The van der Waals surface area contributed by atoms with Crippen molar-refractivity contribution in [3.63, 3.8) is 0 Å². The Kier molecular flexibility index (Phi) is 7.17. The first-order valence-corrected chi connectivity index (χ1v) is 12.5. The van der Waals surface area contributed by atoms with Gasteiger partial charge in [0.1, 0.15) is 23.5 Å². The van der Waals surface area contributed by atoms with E-state index in [0.717, 1.165) is 43.9 Å². The summed E-state index contributed by atoms with van der Waals surface area (Å²) < 4.78 is 11.8. The molecule has 0 radical (unpaired) electrons. The van der Waals surface area contributed by atoms with Crippen molar-refractivity contribution in [2.45, 2.75) is 83.6 Å². The fraction of sp³-hybridized carbons (Fsp3) is 0.692. The molecule has 4 rings (SSSR count). The van der Waals surface area contributed by atoms with Crippen molar-refractivity contribution >= 4 is 12.0 Å². The summed E-state index contributed by atoms with van der Waals surface area (Å²) in [5, 5.41) is 0. The van der Waals surface area contributed by atoms with Crippen LogP contribution in [0.2, 0.25) is 0 Å². The van der Waals surface area contributed by atoms with Gasteiger partial charge in [-0.15, -0.1) is 0 Å². The van der Waals surface area contributed by atoms with Crippen LogP contribution in [-0.4, -0.2) is 83.2 Å². The average Bonchev–Trinajstić information content (AvgIpc) is 2.98. The van der Waals surface area contributed by atoms with Crippen molar-refractivity contribution in [1.82, 2.24) is 14.7 Å². The molecule has 2 aliphatic heterocycles. The number of amides is 2. The molecule has 2 unspecified atom stereocenters. The highest BCUT2D eigenvalue weighted by atomic mass is 16.6. The van der Waals surface area contributed by atoms with Crippen LogP contribution >= 0.6 is 0 Å². The van der Waals surface area contributed by atoms with Gasteiger partial charge in [0.05, 0.1) is 6.54 Å². The first kappa shape index (κ1) is 23.9. The fourth-order valence-electron chi connectivity index (χ4n) is 4.93. The molecule has 1 saturated carbocycles. The molecule has 7 nitrogen and oxygen atoms in total. The normalized spacial score (nSPS) is 24.8. The van der Waals surface area contributed by atoms with Gasteiger partial charge < -0.3 is 14.4 Å². The van der Waals surface area contributed by atoms with E-state index in [4.69, 9.17) is 9.47 Å². The lowest BCUT2D eigenvalue weighted by molar-refractivity contribution is -0.135. The summed E-state index contributed by atoms with van der Waals surface area (Å²) in [4.78, 5) is 32.7. The molecular weight excluding hydrogens is 418 g/mol. The van der Waals surface area contributed by atoms with Gasteiger partial charge in [0.25, 0.3) is 0 Å². The molecule has 3 aliphatic rings. The van der Waals surface area contributed by atoms with E-state index < -0.39 is 17.7 Å². The van der Waals surface area contributed by atoms with Crippen molar-refractivity contribution in [2.75, 3.05) is 32.7 Å². The van der Waals surface area contributed by atoms with Gasteiger partial charge in [0.15, 0.2) is 0 Å². The van der Waals surface area contributed by atoms with Crippen LogP contribution in [0.4, 0.5) is 4.79 Å². The maximum absolute atomic E-state index is 13.6. The highest BCUT2D eigenvalue weighted by molar-refractivity contribution is 5.86. The zero-order valence-electron chi connectivity index (χ0n) is 20.6. The van der Waals surface area contributed by atoms with Gasteiger partial charge in [-0.2, -0.15) is 0 Å². The zero-order valence-corrected chi connectivity index (χ0v) is 20.6. The van der Waals surface area contributed by atoms with Crippen LogP contribution in [0.1, 0.15) is 58.4 Å². The van der Waals surface area contributed by atoms with Crippen molar-refractivity contribution in [1.29, 1.82) is 0 Å². The van der Waals surface area contributed by atoms with Crippen molar-refractivity contribution in [3.8, 4) is 5.75 Å². The van der Waals surface area contributed by atoms with Crippen LogP contribution in [0.25, 0.3) is 0 Å². The summed E-state index contributed by atoms with van der Waals surface area (Å²) in [6.07, 6.45) is 4.65. The first-order valence-electron chi connectivity index (χ1n) is 12.5. The van der Waals surface area contributed by atoms with Gasteiger partial charge in [0, 0.05) is 38.6 Å². The fourth-order valence-corrected chi connectivity index (χ4v) is 4.93. The third kappa shape index (κ3) is 5.99. The van der Waals surface area contributed by atoms with Crippen LogP contribution in [-0.2, 0) is 9.53 Å². The van der Waals surface area contributed by atoms with Gasteiger partial charge >= 0.3 is 6.09 Å². The number of likely N-dealkylation sites (tertiary alicyclic amines) is 1. The van der Waals surface area contributed by atoms with Gasteiger partial charge in [-0.25, -0.2) is 4.79 Å². The second kappa shape index (κ2) is 9.92. The Morgan fingerprint density at radius 3 is 2.33 bits per heavy atom. The van der Waals surface area contributed by atoms with Gasteiger partial charge in [0.2, 0.25) is 5.91 Å². The molecule has 7 heteroatoms. The second-order valence-corrected chi connectivity index (χ2v) is 10.7. The summed E-state index contributed by atoms with van der Waals surface area (Å²) in [6.45, 7) is 11.4. The Morgan fingerprint density at radius 2 is 1.70 bits per heavy atom. The molecule has 1 aromatic rings. The smallest absolute Gasteiger partial charge is 0.411 e. The Labute approximate surface area is 198 Å². The predicted octanol–water partition coefficient (Wildman–Crippen LogP) is 3.84. The standard InChI is InChI=1S/C26H39N3O4/c1-19-9-11-21(12-10-19)32-22-17-23(29(18-22)25(31)33-26(2,3)4)24(30)28-14-6-13-27(15-16-28)20-7-5-8-20/h9-12,20,22-23H,5-8,13-18H2,1-4H3. The molecule has 3 fully saturated rings. The number of ether oxygens (including phenoxy) is 2. The third-order valence-corrected chi connectivity index (χ3v) is 6.93. The minimum Gasteiger partial charge on any atom is -0.488 e. The Hall–Kier alpha value is -2.28. The van der Waals surface area contributed by atoms with Crippen LogP contribution in [0, 0.1) is 6.92 Å². The lowest BCUT2D eigenvalue weighted by Crippen LogP contribution is -2.50. The molecule has 0 spiro atoms. The summed E-state index contributed by atoms with van der Waals surface area (Å²) in [5.74, 6) is 0.778. The molecule has 33 heavy (non-hydrogen) atoms. The molecular formula is C26H39N3O4. The van der Waals surface area contributed by atoms with Crippen LogP contribution < -0.4 is 4.74 Å². The van der Waals surface area contributed by atoms with Gasteiger partial charge in [-0.3, -0.25) is 14.6 Å². The minimum absolute atomic E-state index is 0.0197. The number of aryl methyl sites for hydroxylation is 1. The van der Waals surface area contributed by atoms with Crippen molar-refractivity contribution < 1.29 is 19.1 Å². The van der Waals surface area contributed by atoms with Crippen LogP contribution in [0.3, 0.4) is 0 Å². The SMILES string of the molecule is Cc1ccc(OC2CC(C(=O)N3CCCN(C4CCC4)CC3)N(C(=O)OC(C)(C)C)C2)cc1. The highest BCUT2D eigenvalue weighted by Gasteiger charge is 2.44. The number of nitrogens with zero attached hydrogens (tertiary/aromatic N) is 3. The molecule has 1 aliphatic carbocycles. The molecule has 0 bridgehead atoms. The van der Waals surface area contributed by atoms with E-state index in [9.17, 15) is 9.59 Å². The van der Waals surface area contributed by atoms with Crippen molar-refractivity contribution in [3.05, 3.63) is 29.8 Å². The molecule has 182 valence electrons. The maximum Gasteiger partial charge on any atom is 0.411 e. The zero-order chi connectivity index (χ0) is 23.6. The number of carbonyl (C=O) groups excluding carboxylic acids is 2. The lowest BCUT2D eigenvalue weighted by Gasteiger charge is -2.37. The monoisotopic (exact) mass is 457 g/mol. The molecule has 2 atom stereocenters. The van der Waals surface area contributed by atoms with E-state index in [-0.39, 0.29) is 12.0 Å². The molecule has 0 N–H and O–H groups in total. The van der Waals surface area contributed by atoms with E-state index in [1.54, 1.807) is 4.90 Å². The largest absolute Gasteiger partial charge is 0.488 e. The van der Waals surface area contributed by atoms with E-state index in [0.29, 0.717) is 19.0 Å². The summed E-state index contributed by atoms with van der Waals surface area (Å²) in [6, 6.07) is 8.02. The molecule has 2 saturated heterocycles. The highest BCUT2D eigenvalue weighted by Crippen LogP contribution is 2.28. The molecule has 2 heterocycles.